The van der Waals surface area contributed by atoms with Crippen LogP contribution in [0.5, 0.6) is 0 Å². The number of H-pyrrole nitrogens is 1. The van der Waals surface area contributed by atoms with Crippen LogP contribution in [0.3, 0.4) is 0 Å². The summed E-state index contributed by atoms with van der Waals surface area (Å²) in [6.45, 7) is 2.24. The first-order valence-corrected chi connectivity index (χ1v) is 7.65. The third-order valence-corrected chi connectivity index (χ3v) is 4.32. The Hall–Kier alpha value is -1.92. The molecule has 1 aromatic carbocycles. The van der Waals surface area contributed by atoms with Crippen molar-refractivity contribution in [2.45, 2.75) is 31.4 Å². The zero-order chi connectivity index (χ0) is 15.6. The maximum atomic E-state index is 11.6. The SMILES string of the molecule is CNC(=O)CC1(O)CCCN(Cc2ccc3cn[nH]c3c2)C1. The van der Waals surface area contributed by atoms with E-state index in [4.69, 9.17) is 0 Å². The van der Waals surface area contributed by atoms with Crippen LogP contribution in [0, 0.1) is 0 Å². The zero-order valence-corrected chi connectivity index (χ0v) is 12.8. The molecule has 2 aromatic rings. The highest BCUT2D eigenvalue weighted by molar-refractivity contribution is 5.78. The highest BCUT2D eigenvalue weighted by Crippen LogP contribution is 2.26. The summed E-state index contributed by atoms with van der Waals surface area (Å²) in [5, 5.41) is 21.3. The van der Waals surface area contributed by atoms with Crippen molar-refractivity contribution in [3.05, 3.63) is 30.0 Å². The van der Waals surface area contributed by atoms with Crippen molar-refractivity contribution < 1.29 is 9.90 Å². The number of rotatable bonds is 4. The summed E-state index contributed by atoms with van der Waals surface area (Å²) < 4.78 is 0. The van der Waals surface area contributed by atoms with Crippen LogP contribution in [0.2, 0.25) is 0 Å². The van der Waals surface area contributed by atoms with Crippen molar-refractivity contribution in [1.82, 2.24) is 20.4 Å². The topological polar surface area (TPSA) is 81.2 Å². The smallest absolute Gasteiger partial charge is 0.222 e. The van der Waals surface area contributed by atoms with Crippen molar-refractivity contribution in [3.63, 3.8) is 0 Å². The van der Waals surface area contributed by atoms with Crippen LogP contribution in [-0.4, -0.2) is 51.8 Å². The molecule has 1 fully saturated rings. The zero-order valence-electron chi connectivity index (χ0n) is 12.8. The van der Waals surface area contributed by atoms with Crippen molar-refractivity contribution >= 4 is 16.8 Å². The van der Waals surface area contributed by atoms with E-state index in [-0.39, 0.29) is 12.3 Å². The number of carbonyl (C=O) groups is 1. The third-order valence-electron chi connectivity index (χ3n) is 4.32. The molecular formula is C16H22N4O2. The van der Waals surface area contributed by atoms with Crippen molar-refractivity contribution in [2.75, 3.05) is 20.1 Å². The first kappa shape index (κ1) is 15.0. The Morgan fingerprint density at radius 2 is 2.41 bits per heavy atom. The lowest BCUT2D eigenvalue weighted by Crippen LogP contribution is -2.49. The molecule has 2 heterocycles. The van der Waals surface area contributed by atoms with Crippen molar-refractivity contribution in [3.8, 4) is 0 Å². The van der Waals surface area contributed by atoms with E-state index in [0.717, 1.165) is 30.4 Å². The largest absolute Gasteiger partial charge is 0.388 e. The molecule has 1 amide bonds. The molecule has 0 aliphatic carbocycles. The number of benzene rings is 1. The minimum atomic E-state index is -0.920. The second kappa shape index (κ2) is 6.06. The summed E-state index contributed by atoms with van der Waals surface area (Å²) in [7, 11) is 1.60. The van der Waals surface area contributed by atoms with Gasteiger partial charge in [-0.15, -0.1) is 0 Å². The van der Waals surface area contributed by atoms with Crippen LogP contribution in [0.25, 0.3) is 10.9 Å². The van der Waals surface area contributed by atoms with Gasteiger partial charge in [0.1, 0.15) is 0 Å². The number of nitrogens with zero attached hydrogens (tertiary/aromatic N) is 2. The average molecular weight is 302 g/mol. The van der Waals surface area contributed by atoms with Crippen LogP contribution in [0.1, 0.15) is 24.8 Å². The molecule has 1 atom stereocenters. The Labute approximate surface area is 129 Å². The van der Waals surface area contributed by atoms with E-state index in [2.05, 4.69) is 38.6 Å². The number of aromatic amines is 1. The number of likely N-dealkylation sites (tertiary alicyclic amines) is 1. The molecule has 0 saturated carbocycles. The summed E-state index contributed by atoms with van der Waals surface area (Å²) in [5.41, 5.74) is 1.28. The van der Waals surface area contributed by atoms with Crippen LogP contribution in [0.15, 0.2) is 24.4 Å². The molecule has 1 aliphatic rings. The Balaban J connectivity index is 1.67. The molecule has 3 N–H and O–H groups in total. The van der Waals surface area contributed by atoms with Gasteiger partial charge in [-0.25, -0.2) is 0 Å². The molecule has 6 heteroatoms. The maximum absolute atomic E-state index is 11.6. The summed E-state index contributed by atoms with van der Waals surface area (Å²) in [6.07, 6.45) is 3.55. The van der Waals surface area contributed by atoms with Gasteiger partial charge in [-0.05, 0) is 31.0 Å². The fraction of sp³-hybridized carbons (Fsp3) is 0.500. The summed E-state index contributed by atoms with van der Waals surface area (Å²) in [5.74, 6) is -0.108. The predicted octanol–water partition coefficient (Wildman–Crippen LogP) is 1.03. The van der Waals surface area contributed by atoms with Gasteiger partial charge < -0.3 is 10.4 Å². The van der Waals surface area contributed by atoms with Gasteiger partial charge in [-0.2, -0.15) is 5.10 Å². The molecule has 0 radical (unpaired) electrons. The molecular weight excluding hydrogens is 280 g/mol. The minimum absolute atomic E-state index is 0.108. The van der Waals surface area contributed by atoms with Crippen LogP contribution in [-0.2, 0) is 11.3 Å². The summed E-state index contributed by atoms with van der Waals surface area (Å²) in [4.78, 5) is 13.8. The van der Waals surface area contributed by atoms with Gasteiger partial charge >= 0.3 is 0 Å². The Kier molecular flexibility index (Phi) is 4.13. The number of amides is 1. The minimum Gasteiger partial charge on any atom is -0.388 e. The maximum Gasteiger partial charge on any atom is 0.222 e. The standard InChI is InChI=1S/C16H22N4O2/c1-17-15(21)8-16(22)5-2-6-20(11-16)10-12-3-4-13-9-18-19-14(13)7-12/h3-4,7,9,22H,2,5-6,8,10-11H2,1H3,(H,17,21)(H,18,19). The number of aromatic nitrogens is 2. The van der Waals surface area contributed by atoms with Gasteiger partial charge in [0.15, 0.2) is 0 Å². The number of hydrogen-bond donors (Lipinski definition) is 3. The monoisotopic (exact) mass is 302 g/mol. The molecule has 1 aromatic heterocycles. The fourth-order valence-electron chi connectivity index (χ4n) is 3.21. The number of β-amino-alcohol motifs (C(OH)–C–C–N with tert-alkyl or cyclic N) is 1. The second-order valence-electron chi connectivity index (χ2n) is 6.18. The van der Waals surface area contributed by atoms with Gasteiger partial charge in [0.05, 0.1) is 23.7 Å². The van der Waals surface area contributed by atoms with E-state index in [1.807, 2.05) is 6.20 Å². The third kappa shape index (κ3) is 3.28. The van der Waals surface area contributed by atoms with Gasteiger partial charge in [0, 0.05) is 25.5 Å². The Morgan fingerprint density at radius 3 is 3.23 bits per heavy atom. The summed E-state index contributed by atoms with van der Waals surface area (Å²) in [6, 6.07) is 6.23. The van der Waals surface area contributed by atoms with Crippen LogP contribution < -0.4 is 5.32 Å². The highest BCUT2D eigenvalue weighted by atomic mass is 16.3. The second-order valence-corrected chi connectivity index (χ2v) is 6.18. The number of piperidine rings is 1. The Bertz CT molecular complexity index is 669. The average Bonchev–Trinajstić information content (AvgIpc) is 2.94. The van der Waals surface area contributed by atoms with Gasteiger partial charge in [-0.3, -0.25) is 14.8 Å². The molecule has 0 spiro atoms. The van der Waals surface area contributed by atoms with E-state index >= 15 is 0 Å². The molecule has 0 bridgehead atoms. The van der Waals surface area contributed by atoms with Crippen molar-refractivity contribution in [2.24, 2.45) is 0 Å². The predicted molar refractivity (Wildman–Crippen MR) is 84.2 cm³/mol. The van der Waals surface area contributed by atoms with Gasteiger partial charge in [-0.1, -0.05) is 12.1 Å². The lowest BCUT2D eigenvalue weighted by Gasteiger charge is -2.38. The van der Waals surface area contributed by atoms with E-state index < -0.39 is 5.60 Å². The van der Waals surface area contributed by atoms with E-state index in [1.54, 1.807) is 7.05 Å². The normalized spacial score (nSPS) is 22.8. The molecule has 3 rings (SSSR count). The molecule has 1 aliphatic heterocycles. The first-order valence-electron chi connectivity index (χ1n) is 7.65. The number of fused-ring (bicyclic) bond motifs is 1. The molecule has 118 valence electrons. The van der Waals surface area contributed by atoms with E-state index in [9.17, 15) is 9.90 Å². The van der Waals surface area contributed by atoms with Crippen molar-refractivity contribution in [1.29, 1.82) is 0 Å². The first-order chi connectivity index (χ1) is 10.6. The number of aliphatic hydroxyl groups is 1. The molecule has 1 saturated heterocycles. The van der Waals surface area contributed by atoms with Crippen LogP contribution in [0.4, 0.5) is 0 Å². The number of hydrogen-bond acceptors (Lipinski definition) is 4. The lowest BCUT2D eigenvalue weighted by atomic mass is 9.89. The van der Waals surface area contributed by atoms with Gasteiger partial charge in [0.2, 0.25) is 5.91 Å². The molecule has 6 nitrogen and oxygen atoms in total. The van der Waals surface area contributed by atoms with E-state index in [1.165, 1.54) is 5.56 Å². The fourth-order valence-corrected chi connectivity index (χ4v) is 3.21. The molecule has 1 unspecified atom stereocenters. The Morgan fingerprint density at radius 1 is 1.55 bits per heavy atom. The summed E-state index contributed by atoms with van der Waals surface area (Å²) >= 11 is 0. The lowest BCUT2D eigenvalue weighted by molar-refractivity contribution is -0.128. The quantitative estimate of drug-likeness (QED) is 0.788. The highest BCUT2D eigenvalue weighted by Gasteiger charge is 2.35. The van der Waals surface area contributed by atoms with Crippen LogP contribution >= 0.6 is 0 Å². The van der Waals surface area contributed by atoms with Gasteiger partial charge in [0.25, 0.3) is 0 Å². The van der Waals surface area contributed by atoms with E-state index in [0.29, 0.717) is 13.0 Å². The number of carbonyl (C=O) groups excluding carboxylic acids is 1. The number of nitrogens with one attached hydrogen (secondary N) is 2. The molecule has 22 heavy (non-hydrogen) atoms.